The average Bonchev–Trinajstić information content (AvgIpc) is 2.45. The molecule has 0 radical (unpaired) electrons. The molecule has 0 amide bonds. The van der Waals surface area contributed by atoms with Crippen molar-refractivity contribution in [1.29, 1.82) is 0 Å². The van der Waals surface area contributed by atoms with Gasteiger partial charge >= 0.3 is 0 Å². The molecular weight excluding hydrogens is 258 g/mol. The smallest absolute Gasteiger partial charge is 0.0580 e. The van der Waals surface area contributed by atoms with Crippen molar-refractivity contribution in [3.05, 3.63) is 35.4 Å². The molecule has 0 spiro atoms. The summed E-state index contributed by atoms with van der Waals surface area (Å²) in [7, 11) is 0. The van der Waals surface area contributed by atoms with E-state index in [0.29, 0.717) is 18.1 Å². The second-order valence-corrected chi connectivity index (χ2v) is 6.93. The normalized spacial score (nSPS) is 29.5. The van der Waals surface area contributed by atoms with E-state index in [1.165, 1.54) is 38.5 Å². The Kier molecular flexibility index (Phi) is 4.97. The zero-order valence-electron chi connectivity index (χ0n) is 13.3. The molecule has 2 atom stereocenters. The lowest BCUT2D eigenvalue weighted by molar-refractivity contribution is -0.0284. The first-order valence-corrected chi connectivity index (χ1v) is 8.71. The fourth-order valence-electron chi connectivity index (χ4n) is 4.23. The third kappa shape index (κ3) is 3.67. The maximum Gasteiger partial charge on any atom is 0.0580 e. The average molecular weight is 287 g/mol. The van der Waals surface area contributed by atoms with E-state index >= 15 is 0 Å². The van der Waals surface area contributed by atoms with Gasteiger partial charge in [-0.3, -0.25) is 0 Å². The van der Waals surface area contributed by atoms with E-state index in [-0.39, 0.29) is 0 Å². The maximum absolute atomic E-state index is 6.45. The summed E-state index contributed by atoms with van der Waals surface area (Å²) in [6.07, 6.45) is 9.20. The number of ether oxygens (including phenoxy) is 1. The van der Waals surface area contributed by atoms with Crippen LogP contribution >= 0.6 is 0 Å². The molecule has 2 aliphatic rings. The fraction of sp³-hybridized carbons (Fsp3) is 0.684. The molecule has 1 fully saturated rings. The molecule has 0 saturated heterocycles. The van der Waals surface area contributed by atoms with Crippen molar-refractivity contribution in [2.24, 2.45) is 11.7 Å². The number of rotatable bonds is 6. The third-order valence-corrected chi connectivity index (χ3v) is 5.31. The monoisotopic (exact) mass is 287 g/mol. The van der Waals surface area contributed by atoms with Crippen molar-refractivity contribution < 1.29 is 4.74 Å². The molecule has 2 unspecified atom stereocenters. The van der Waals surface area contributed by atoms with E-state index in [4.69, 9.17) is 10.5 Å². The van der Waals surface area contributed by atoms with Crippen LogP contribution in [-0.2, 0) is 11.2 Å². The predicted molar refractivity (Wildman–Crippen MR) is 87.5 cm³/mol. The van der Waals surface area contributed by atoms with Crippen molar-refractivity contribution in [1.82, 2.24) is 0 Å². The van der Waals surface area contributed by atoms with Gasteiger partial charge in [0.05, 0.1) is 6.10 Å². The van der Waals surface area contributed by atoms with Crippen LogP contribution in [0, 0.1) is 5.92 Å². The van der Waals surface area contributed by atoms with Crippen LogP contribution in [0.15, 0.2) is 24.3 Å². The number of fused-ring (bicyclic) bond motifs is 1. The van der Waals surface area contributed by atoms with E-state index < -0.39 is 0 Å². The highest BCUT2D eigenvalue weighted by molar-refractivity contribution is 5.32. The lowest BCUT2D eigenvalue weighted by Gasteiger charge is -2.37. The summed E-state index contributed by atoms with van der Waals surface area (Å²) >= 11 is 0. The van der Waals surface area contributed by atoms with E-state index in [9.17, 15) is 0 Å². The van der Waals surface area contributed by atoms with Gasteiger partial charge in [0.25, 0.3) is 0 Å². The molecule has 2 aliphatic carbocycles. The summed E-state index contributed by atoms with van der Waals surface area (Å²) < 4.78 is 5.65. The van der Waals surface area contributed by atoms with Crippen molar-refractivity contribution in [2.45, 2.75) is 69.9 Å². The van der Waals surface area contributed by atoms with E-state index in [1.54, 1.807) is 11.1 Å². The Morgan fingerprint density at radius 2 is 2.05 bits per heavy atom. The molecule has 21 heavy (non-hydrogen) atoms. The molecule has 116 valence electrons. The minimum Gasteiger partial charge on any atom is -0.378 e. The Balaban J connectivity index is 1.49. The van der Waals surface area contributed by atoms with Gasteiger partial charge in [-0.2, -0.15) is 0 Å². The van der Waals surface area contributed by atoms with Crippen molar-refractivity contribution in [2.75, 3.05) is 6.61 Å². The molecule has 1 saturated carbocycles. The minimum atomic E-state index is 0.355. The van der Waals surface area contributed by atoms with E-state index in [0.717, 1.165) is 18.9 Å². The molecule has 0 aliphatic heterocycles. The summed E-state index contributed by atoms with van der Waals surface area (Å²) in [5.74, 6) is 1.49. The molecule has 2 heteroatoms. The van der Waals surface area contributed by atoms with Gasteiger partial charge in [-0.15, -0.1) is 0 Å². The molecule has 1 aromatic carbocycles. The third-order valence-electron chi connectivity index (χ3n) is 5.31. The highest BCUT2D eigenvalue weighted by Crippen LogP contribution is 2.38. The maximum atomic E-state index is 6.45. The SMILES string of the molecule is CCOC1CC(CC(N)CC2CCCc3ccccc32)C1. The van der Waals surface area contributed by atoms with Crippen molar-refractivity contribution in [3.63, 3.8) is 0 Å². The predicted octanol–water partition coefficient (Wildman–Crippen LogP) is 4.03. The van der Waals surface area contributed by atoms with Gasteiger partial charge in [-0.1, -0.05) is 24.3 Å². The van der Waals surface area contributed by atoms with Gasteiger partial charge in [0.1, 0.15) is 0 Å². The summed E-state index contributed by atoms with van der Waals surface area (Å²) in [5.41, 5.74) is 9.58. The molecule has 0 aromatic heterocycles. The lowest BCUT2D eigenvalue weighted by atomic mass is 9.74. The highest BCUT2D eigenvalue weighted by atomic mass is 16.5. The zero-order chi connectivity index (χ0) is 14.7. The lowest BCUT2D eigenvalue weighted by Crippen LogP contribution is -2.36. The van der Waals surface area contributed by atoms with Crippen LogP contribution in [0.2, 0.25) is 0 Å². The first-order chi connectivity index (χ1) is 10.3. The van der Waals surface area contributed by atoms with Crippen LogP contribution in [0.3, 0.4) is 0 Å². The number of aryl methyl sites for hydroxylation is 1. The van der Waals surface area contributed by atoms with Gasteiger partial charge < -0.3 is 10.5 Å². The standard InChI is InChI=1S/C19H29NO/c1-2-21-18-11-14(12-18)10-17(20)13-16-8-5-7-15-6-3-4-9-19(15)16/h3-4,6,9,14,16-18H,2,5,7-8,10-13,20H2,1H3. The van der Waals surface area contributed by atoms with E-state index in [2.05, 4.69) is 31.2 Å². The Labute approximate surface area is 129 Å². The van der Waals surface area contributed by atoms with Crippen LogP contribution in [0.1, 0.15) is 62.5 Å². The first-order valence-electron chi connectivity index (χ1n) is 8.71. The second kappa shape index (κ2) is 6.93. The number of hydrogen-bond donors (Lipinski definition) is 1. The van der Waals surface area contributed by atoms with Crippen LogP contribution in [-0.4, -0.2) is 18.8 Å². The summed E-state index contributed by atoms with van der Waals surface area (Å²) in [5, 5.41) is 0. The van der Waals surface area contributed by atoms with Gasteiger partial charge in [0.2, 0.25) is 0 Å². The van der Waals surface area contributed by atoms with E-state index in [1.807, 2.05) is 0 Å². The Morgan fingerprint density at radius 3 is 2.86 bits per heavy atom. The molecule has 1 aromatic rings. The number of nitrogens with two attached hydrogens (primary N) is 1. The topological polar surface area (TPSA) is 35.2 Å². The summed E-state index contributed by atoms with van der Waals surface area (Å²) in [6.45, 7) is 2.93. The molecular formula is C19H29NO. The summed E-state index contributed by atoms with van der Waals surface area (Å²) in [6, 6.07) is 9.32. The molecule has 0 bridgehead atoms. The second-order valence-electron chi connectivity index (χ2n) is 6.93. The molecule has 2 N–H and O–H groups in total. The highest BCUT2D eigenvalue weighted by Gasteiger charge is 2.31. The van der Waals surface area contributed by atoms with Crippen molar-refractivity contribution >= 4 is 0 Å². The van der Waals surface area contributed by atoms with Gasteiger partial charge in [-0.05, 0) is 74.8 Å². The Bertz CT molecular complexity index is 453. The van der Waals surface area contributed by atoms with Crippen LogP contribution in [0.25, 0.3) is 0 Å². The van der Waals surface area contributed by atoms with Crippen LogP contribution in [0.5, 0.6) is 0 Å². The summed E-state index contributed by atoms with van der Waals surface area (Å²) in [4.78, 5) is 0. The quantitative estimate of drug-likeness (QED) is 0.857. The zero-order valence-corrected chi connectivity index (χ0v) is 13.3. The van der Waals surface area contributed by atoms with Crippen LogP contribution in [0.4, 0.5) is 0 Å². The number of hydrogen-bond acceptors (Lipinski definition) is 2. The Hall–Kier alpha value is -0.860. The largest absolute Gasteiger partial charge is 0.378 e. The van der Waals surface area contributed by atoms with Gasteiger partial charge in [0.15, 0.2) is 0 Å². The Morgan fingerprint density at radius 1 is 1.24 bits per heavy atom. The first kappa shape index (κ1) is 15.1. The van der Waals surface area contributed by atoms with Gasteiger partial charge in [-0.25, -0.2) is 0 Å². The fourth-order valence-corrected chi connectivity index (χ4v) is 4.23. The molecule has 3 rings (SSSR count). The van der Waals surface area contributed by atoms with Crippen LogP contribution < -0.4 is 5.73 Å². The molecule has 0 heterocycles. The number of benzene rings is 1. The molecule has 2 nitrogen and oxygen atoms in total. The van der Waals surface area contributed by atoms with Crippen molar-refractivity contribution in [3.8, 4) is 0 Å². The van der Waals surface area contributed by atoms with Gasteiger partial charge in [0, 0.05) is 12.6 Å². The minimum absolute atomic E-state index is 0.355.